The third-order valence-corrected chi connectivity index (χ3v) is 4.26. The van der Waals surface area contributed by atoms with E-state index in [1.54, 1.807) is 0 Å². The lowest BCUT2D eigenvalue weighted by atomic mass is 10.1. The molecule has 0 aromatic heterocycles. The van der Waals surface area contributed by atoms with Gasteiger partial charge in [-0.25, -0.2) is 0 Å². The second-order valence-electron chi connectivity index (χ2n) is 4.67. The van der Waals surface area contributed by atoms with Gasteiger partial charge in [-0.1, -0.05) is 28.9 Å². The van der Waals surface area contributed by atoms with E-state index in [-0.39, 0.29) is 22.8 Å². The van der Waals surface area contributed by atoms with Gasteiger partial charge in [-0.2, -0.15) is 8.42 Å². The van der Waals surface area contributed by atoms with Crippen molar-refractivity contribution in [3.8, 4) is 0 Å². The number of amidine groups is 1. The summed E-state index contributed by atoms with van der Waals surface area (Å²) in [6.07, 6.45) is 0.0775. The molecule has 24 heavy (non-hydrogen) atoms. The summed E-state index contributed by atoms with van der Waals surface area (Å²) >= 11 is 5.68. The summed E-state index contributed by atoms with van der Waals surface area (Å²) in [6.45, 7) is 0. The van der Waals surface area contributed by atoms with Crippen LogP contribution >= 0.6 is 11.6 Å². The van der Waals surface area contributed by atoms with E-state index in [1.165, 1.54) is 48.5 Å². The van der Waals surface area contributed by atoms with E-state index in [2.05, 4.69) is 9.44 Å². The number of non-ortho nitro benzene ring substituents is 1. The van der Waals surface area contributed by atoms with Crippen LogP contribution in [-0.4, -0.2) is 19.2 Å². The highest BCUT2D eigenvalue weighted by atomic mass is 35.5. The Morgan fingerprint density at radius 2 is 1.75 bits per heavy atom. The first-order chi connectivity index (χ1) is 11.3. The smallest absolute Gasteiger partial charge is 0.358 e. The minimum atomic E-state index is -4.10. The van der Waals surface area contributed by atoms with E-state index in [0.29, 0.717) is 10.6 Å². The Morgan fingerprint density at radius 3 is 2.29 bits per heavy atom. The quantitative estimate of drug-likeness (QED) is 0.361. The fourth-order valence-electron chi connectivity index (χ4n) is 1.72. The van der Waals surface area contributed by atoms with Crippen molar-refractivity contribution in [2.75, 3.05) is 0 Å². The van der Waals surface area contributed by atoms with Gasteiger partial charge in [0.2, 0.25) is 0 Å². The largest absolute Gasteiger partial charge is 0.384 e. The van der Waals surface area contributed by atoms with Gasteiger partial charge in [-0.05, 0) is 29.8 Å². The molecule has 2 aromatic carbocycles. The van der Waals surface area contributed by atoms with Gasteiger partial charge in [-0.15, -0.1) is 0 Å². The molecule has 10 heteroatoms. The molecule has 126 valence electrons. The zero-order valence-corrected chi connectivity index (χ0v) is 13.7. The standard InChI is InChI=1S/C14H12ClN3O5S/c15-11-3-7-13(8-4-11)24(21,22)23-17-14(16)9-10-1-5-12(6-2-10)18(19)20/h1-8H,9H2,(H2,16,17). The molecular weight excluding hydrogens is 358 g/mol. The molecule has 8 nitrogen and oxygen atoms in total. The molecule has 2 aromatic rings. The number of hydrogen-bond acceptors (Lipinski definition) is 6. The summed E-state index contributed by atoms with van der Waals surface area (Å²) in [7, 11) is -4.10. The third-order valence-electron chi connectivity index (χ3n) is 2.89. The normalized spacial score (nSPS) is 12.0. The summed E-state index contributed by atoms with van der Waals surface area (Å²) in [4.78, 5) is 9.93. The number of halogens is 1. The lowest BCUT2D eigenvalue weighted by molar-refractivity contribution is -0.384. The molecule has 0 saturated carbocycles. The zero-order valence-electron chi connectivity index (χ0n) is 12.1. The van der Waals surface area contributed by atoms with Crippen LogP contribution in [-0.2, 0) is 20.8 Å². The molecule has 0 fully saturated rings. The molecule has 0 aliphatic carbocycles. The van der Waals surface area contributed by atoms with Crippen LogP contribution in [0.2, 0.25) is 5.02 Å². The van der Waals surface area contributed by atoms with E-state index in [4.69, 9.17) is 17.3 Å². The van der Waals surface area contributed by atoms with Gasteiger partial charge in [0.25, 0.3) is 5.69 Å². The predicted molar refractivity (Wildman–Crippen MR) is 88.1 cm³/mol. The van der Waals surface area contributed by atoms with E-state index in [1.807, 2.05) is 0 Å². The minimum absolute atomic E-state index is 0.0594. The van der Waals surface area contributed by atoms with Crippen molar-refractivity contribution in [3.63, 3.8) is 0 Å². The lowest BCUT2D eigenvalue weighted by Crippen LogP contribution is -2.16. The molecular formula is C14H12ClN3O5S. The van der Waals surface area contributed by atoms with Crippen molar-refractivity contribution < 1.29 is 17.6 Å². The highest BCUT2D eigenvalue weighted by molar-refractivity contribution is 7.86. The van der Waals surface area contributed by atoms with Gasteiger partial charge in [-0.3, -0.25) is 14.4 Å². The number of rotatable bonds is 6. The number of hydrogen-bond donors (Lipinski definition) is 1. The minimum Gasteiger partial charge on any atom is -0.384 e. The van der Waals surface area contributed by atoms with Gasteiger partial charge in [0.05, 0.1) is 4.92 Å². The SMILES string of the molecule is N/C(Cc1ccc([N+](=O)[O-])cc1)=N/OS(=O)(=O)c1ccc(Cl)cc1. The van der Waals surface area contributed by atoms with Crippen molar-refractivity contribution >= 4 is 33.2 Å². The zero-order chi connectivity index (χ0) is 17.7. The van der Waals surface area contributed by atoms with Crippen LogP contribution in [0.3, 0.4) is 0 Å². The van der Waals surface area contributed by atoms with E-state index in [0.717, 1.165) is 0 Å². The summed E-state index contributed by atoms with van der Waals surface area (Å²) in [5.74, 6) is -0.0959. The predicted octanol–water partition coefficient (Wildman–Crippen LogP) is 2.47. The lowest BCUT2D eigenvalue weighted by Gasteiger charge is -2.04. The molecule has 0 radical (unpaired) electrons. The number of nitro groups is 1. The maximum atomic E-state index is 11.9. The number of nitrogens with two attached hydrogens (primary N) is 1. The summed E-state index contributed by atoms with van der Waals surface area (Å²) in [5.41, 5.74) is 6.18. The summed E-state index contributed by atoms with van der Waals surface area (Å²) in [6, 6.07) is 11.0. The average Bonchev–Trinajstić information content (AvgIpc) is 2.54. The highest BCUT2D eigenvalue weighted by Gasteiger charge is 2.16. The molecule has 0 aliphatic heterocycles. The first-order valence-electron chi connectivity index (χ1n) is 6.53. The number of nitrogens with zero attached hydrogens (tertiary/aromatic N) is 2. The molecule has 0 amide bonds. The molecule has 0 saturated heterocycles. The molecule has 0 unspecified atom stereocenters. The Kier molecular flexibility index (Phi) is 5.37. The van der Waals surface area contributed by atoms with E-state index in [9.17, 15) is 18.5 Å². The Hall–Kier alpha value is -2.65. The monoisotopic (exact) mass is 369 g/mol. The molecule has 0 bridgehead atoms. The van der Waals surface area contributed by atoms with Crippen LogP contribution in [0.25, 0.3) is 0 Å². The van der Waals surface area contributed by atoms with Crippen molar-refractivity contribution in [2.24, 2.45) is 10.9 Å². The van der Waals surface area contributed by atoms with Gasteiger partial charge in [0.15, 0.2) is 0 Å². The van der Waals surface area contributed by atoms with Crippen molar-refractivity contribution in [3.05, 3.63) is 69.2 Å². The fourth-order valence-corrected chi connectivity index (χ4v) is 2.59. The van der Waals surface area contributed by atoms with Crippen LogP contribution in [0.15, 0.2) is 58.6 Å². The van der Waals surface area contributed by atoms with E-state index >= 15 is 0 Å². The van der Waals surface area contributed by atoms with Gasteiger partial charge in [0.1, 0.15) is 10.7 Å². The van der Waals surface area contributed by atoms with Gasteiger partial charge in [0, 0.05) is 23.6 Å². The van der Waals surface area contributed by atoms with E-state index < -0.39 is 15.0 Å². The van der Waals surface area contributed by atoms with Crippen LogP contribution in [0.1, 0.15) is 5.56 Å². The second kappa shape index (κ2) is 7.28. The first-order valence-corrected chi connectivity index (χ1v) is 8.31. The van der Waals surface area contributed by atoms with Gasteiger partial charge < -0.3 is 5.73 Å². The van der Waals surface area contributed by atoms with Crippen molar-refractivity contribution in [1.82, 2.24) is 0 Å². The average molecular weight is 370 g/mol. The van der Waals surface area contributed by atoms with Gasteiger partial charge >= 0.3 is 10.1 Å². The molecule has 0 aliphatic rings. The summed E-state index contributed by atoms with van der Waals surface area (Å²) in [5, 5.41) is 14.3. The van der Waals surface area contributed by atoms with Crippen LogP contribution in [0.5, 0.6) is 0 Å². The van der Waals surface area contributed by atoms with Crippen molar-refractivity contribution in [2.45, 2.75) is 11.3 Å². The fraction of sp³-hybridized carbons (Fsp3) is 0.0714. The Morgan fingerprint density at radius 1 is 1.17 bits per heavy atom. The number of oxime groups is 1. The molecule has 0 heterocycles. The van der Waals surface area contributed by atoms with Crippen LogP contribution < -0.4 is 5.73 Å². The highest BCUT2D eigenvalue weighted by Crippen LogP contribution is 2.16. The molecule has 0 atom stereocenters. The number of benzene rings is 2. The Bertz CT molecular complexity index is 864. The molecule has 2 rings (SSSR count). The number of nitro benzene ring substituents is 1. The van der Waals surface area contributed by atoms with Crippen LogP contribution in [0, 0.1) is 10.1 Å². The van der Waals surface area contributed by atoms with Crippen LogP contribution in [0.4, 0.5) is 5.69 Å². The maximum absolute atomic E-state index is 11.9. The second-order valence-corrected chi connectivity index (χ2v) is 6.63. The molecule has 2 N–H and O–H groups in total. The first kappa shape index (κ1) is 17.7. The third kappa shape index (κ3) is 4.67. The summed E-state index contributed by atoms with van der Waals surface area (Å²) < 4.78 is 28.4. The maximum Gasteiger partial charge on any atom is 0.358 e. The van der Waals surface area contributed by atoms with Crippen molar-refractivity contribution in [1.29, 1.82) is 0 Å². The Balaban J connectivity index is 2.05. The topological polar surface area (TPSA) is 125 Å². The Labute approximate surface area is 142 Å². The molecule has 0 spiro atoms.